The summed E-state index contributed by atoms with van der Waals surface area (Å²) >= 11 is 13.2. The number of nitrogens with one attached hydrogen (secondary N) is 1. The van der Waals surface area contributed by atoms with Crippen molar-refractivity contribution in [2.75, 3.05) is 11.9 Å². The monoisotopic (exact) mass is 411 g/mol. The van der Waals surface area contributed by atoms with Crippen molar-refractivity contribution in [3.63, 3.8) is 0 Å². The molecule has 26 heavy (non-hydrogen) atoms. The highest BCUT2D eigenvalue weighted by molar-refractivity contribution is 7.21. The third-order valence-electron chi connectivity index (χ3n) is 3.57. The number of hydrogen-bond acceptors (Lipinski definition) is 4. The predicted octanol–water partition coefficient (Wildman–Crippen LogP) is 5.45. The lowest BCUT2D eigenvalue weighted by Crippen LogP contribution is -2.20. The number of rotatable bonds is 4. The number of hydrogen-bond donors (Lipinski definition) is 1. The van der Waals surface area contributed by atoms with Gasteiger partial charge in [0.1, 0.15) is 10.7 Å². The van der Waals surface area contributed by atoms with Gasteiger partial charge in [-0.1, -0.05) is 29.3 Å². The number of amides is 1. The molecule has 1 amide bonds. The Kier molecular flexibility index (Phi) is 5.46. The Labute approximate surface area is 162 Å². The standard InChI is InChI=1S/C18H12Cl2FNO3S/c1-9-2-4-11(7-13(9)19)22-15(23)8-25-18(24)17-16(20)12-5-3-10(21)6-14(12)26-17/h2-7H,8H2,1H3,(H,22,23). The van der Waals surface area contributed by atoms with E-state index in [1.54, 1.807) is 18.2 Å². The van der Waals surface area contributed by atoms with Gasteiger partial charge in [0, 0.05) is 20.8 Å². The van der Waals surface area contributed by atoms with Gasteiger partial charge in [-0.15, -0.1) is 11.3 Å². The Morgan fingerprint density at radius 1 is 1.19 bits per heavy atom. The molecule has 0 spiro atoms. The zero-order valence-electron chi connectivity index (χ0n) is 13.4. The highest BCUT2D eigenvalue weighted by Gasteiger charge is 2.20. The van der Waals surface area contributed by atoms with E-state index < -0.39 is 24.3 Å². The van der Waals surface area contributed by atoms with E-state index in [0.29, 0.717) is 20.8 Å². The van der Waals surface area contributed by atoms with Crippen LogP contribution in [0.4, 0.5) is 10.1 Å². The molecule has 8 heteroatoms. The van der Waals surface area contributed by atoms with Gasteiger partial charge in [-0.2, -0.15) is 0 Å². The highest BCUT2D eigenvalue weighted by Crippen LogP contribution is 2.36. The first-order valence-electron chi connectivity index (χ1n) is 7.46. The van der Waals surface area contributed by atoms with Gasteiger partial charge in [-0.05, 0) is 42.8 Å². The van der Waals surface area contributed by atoms with E-state index in [4.69, 9.17) is 27.9 Å². The van der Waals surface area contributed by atoms with E-state index in [1.165, 1.54) is 18.2 Å². The number of anilines is 1. The summed E-state index contributed by atoms with van der Waals surface area (Å²) in [6.07, 6.45) is 0. The first kappa shape index (κ1) is 18.6. The summed E-state index contributed by atoms with van der Waals surface area (Å²) in [6.45, 7) is 1.36. The van der Waals surface area contributed by atoms with Crippen molar-refractivity contribution >= 4 is 62.2 Å². The summed E-state index contributed by atoms with van der Waals surface area (Å²) in [5.41, 5.74) is 1.38. The molecule has 3 aromatic rings. The quantitative estimate of drug-likeness (QED) is 0.580. The Hall–Kier alpha value is -2.15. The number of thiophene rings is 1. The summed E-state index contributed by atoms with van der Waals surface area (Å²) in [5, 5.41) is 3.84. The molecule has 0 aliphatic heterocycles. The fourth-order valence-corrected chi connectivity index (χ4v) is 3.84. The molecule has 0 aliphatic carbocycles. The maximum atomic E-state index is 13.3. The van der Waals surface area contributed by atoms with Gasteiger partial charge in [-0.3, -0.25) is 4.79 Å². The Morgan fingerprint density at radius 3 is 2.69 bits per heavy atom. The molecule has 0 saturated carbocycles. The number of fused-ring (bicyclic) bond motifs is 1. The number of benzene rings is 2. The fraction of sp³-hybridized carbons (Fsp3) is 0.111. The first-order valence-corrected chi connectivity index (χ1v) is 9.03. The van der Waals surface area contributed by atoms with Gasteiger partial charge in [0.2, 0.25) is 0 Å². The van der Waals surface area contributed by atoms with Crippen molar-refractivity contribution < 1.29 is 18.7 Å². The number of aryl methyl sites for hydroxylation is 1. The van der Waals surface area contributed by atoms with Crippen molar-refractivity contribution in [3.8, 4) is 0 Å². The average molecular weight is 412 g/mol. The summed E-state index contributed by atoms with van der Waals surface area (Å²) in [4.78, 5) is 24.2. The van der Waals surface area contributed by atoms with Crippen LogP contribution in [0, 0.1) is 12.7 Å². The minimum atomic E-state index is -0.742. The summed E-state index contributed by atoms with van der Waals surface area (Å²) < 4.78 is 18.8. The van der Waals surface area contributed by atoms with Crippen molar-refractivity contribution in [2.24, 2.45) is 0 Å². The smallest absolute Gasteiger partial charge is 0.350 e. The van der Waals surface area contributed by atoms with E-state index in [9.17, 15) is 14.0 Å². The van der Waals surface area contributed by atoms with Crippen molar-refractivity contribution in [1.29, 1.82) is 0 Å². The second-order valence-corrected chi connectivity index (χ2v) is 7.31. The largest absolute Gasteiger partial charge is 0.451 e. The molecule has 1 N–H and O–H groups in total. The number of halogens is 3. The van der Waals surface area contributed by atoms with Crippen LogP contribution in [0.25, 0.3) is 10.1 Å². The van der Waals surface area contributed by atoms with Crippen LogP contribution in [0.1, 0.15) is 15.2 Å². The van der Waals surface area contributed by atoms with Crippen LogP contribution in [0.15, 0.2) is 36.4 Å². The topological polar surface area (TPSA) is 55.4 Å². The molecular formula is C18H12Cl2FNO3S. The van der Waals surface area contributed by atoms with E-state index in [2.05, 4.69) is 5.32 Å². The van der Waals surface area contributed by atoms with E-state index in [1.807, 2.05) is 6.92 Å². The Morgan fingerprint density at radius 2 is 1.96 bits per heavy atom. The predicted molar refractivity (Wildman–Crippen MR) is 102 cm³/mol. The zero-order chi connectivity index (χ0) is 18.8. The maximum absolute atomic E-state index is 13.3. The molecule has 0 atom stereocenters. The third-order valence-corrected chi connectivity index (χ3v) is 5.61. The molecule has 0 bridgehead atoms. The number of esters is 1. The number of carbonyl (C=O) groups is 2. The van der Waals surface area contributed by atoms with Gasteiger partial charge in [-0.25, -0.2) is 9.18 Å². The SMILES string of the molecule is Cc1ccc(NC(=O)COC(=O)c2sc3cc(F)ccc3c2Cl)cc1Cl. The molecule has 0 aliphatic rings. The van der Waals surface area contributed by atoms with Gasteiger partial charge in [0.05, 0.1) is 5.02 Å². The van der Waals surface area contributed by atoms with E-state index in [-0.39, 0.29) is 9.90 Å². The van der Waals surface area contributed by atoms with E-state index in [0.717, 1.165) is 16.9 Å². The van der Waals surface area contributed by atoms with Crippen molar-refractivity contribution in [2.45, 2.75) is 6.92 Å². The van der Waals surface area contributed by atoms with Gasteiger partial charge < -0.3 is 10.1 Å². The number of carbonyl (C=O) groups excluding carboxylic acids is 2. The molecule has 134 valence electrons. The molecular weight excluding hydrogens is 400 g/mol. The molecule has 2 aromatic carbocycles. The average Bonchev–Trinajstić information content (AvgIpc) is 2.92. The van der Waals surface area contributed by atoms with Crippen LogP contribution < -0.4 is 5.32 Å². The number of ether oxygens (including phenoxy) is 1. The van der Waals surface area contributed by atoms with Gasteiger partial charge in [0.25, 0.3) is 5.91 Å². The molecule has 0 saturated heterocycles. The molecule has 0 radical (unpaired) electrons. The fourth-order valence-electron chi connectivity index (χ4n) is 2.23. The van der Waals surface area contributed by atoms with Crippen LogP contribution in [0.2, 0.25) is 10.0 Å². The summed E-state index contributed by atoms with van der Waals surface area (Å²) in [5.74, 6) is -1.68. The molecule has 1 aromatic heterocycles. The van der Waals surface area contributed by atoms with Crippen LogP contribution in [0.5, 0.6) is 0 Å². The minimum absolute atomic E-state index is 0.124. The second kappa shape index (κ2) is 7.61. The molecule has 4 nitrogen and oxygen atoms in total. The Balaban J connectivity index is 1.65. The van der Waals surface area contributed by atoms with Gasteiger partial charge in [0.15, 0.2) is 6.61 Å². The van der Waals surface area contributed by atoms with Crippen molar-refractivity contribution in [1.82, 2.24) is 0 Å². The lowest BCUT2D eigenvalue weighted by molar-refractivity contribution is -0.119. The summed E-state index contributed by atoms with van der Waals surface area (Å²) in [6, 6.07) is 9.10. The normalized spacial score (nSPS) is 10.8. The zero-order valence-corrected chi connectivity index (χ0v) is 15.8. The molecule has 3 rings (SSSR count). The first-order chi connectivity index (χ1) is 12.3. The van der Waals surface area contributed by atoms with Crippen LogP contribution in [-0.4, -0.2) is 18.5 Å². The molecule has 1 heterocycles. The lowest BCUT2D eigenvalue weighted by atomic mass is 10.2. The van der Waals surface area contributed by atoms with Crippen LogP contribution in [-0.2, 0) is 9.53 Å². The van der Waals surface area contributed by atoms with E-state index >= 15 is 0 Å². The molecule has 0 fully saturated rings. The van der Waals surface area contributed by atoms with Crippen LogP contribution in [0.3, 0.4) is 0 Å². The molecule has 0 unspecified atom stereocenters. The lowest BCUT2D eigenvalue weighted by Gasteiger charge is -2.07. The maximum Gasteiger partial charge on any atom is 0.350 e. The summed E-state index contributed by atoms with van der Waals surface area (Å²) in [7, 11) is 0. The third kappa shape index (κ3) is 3.98. The van der Waals surface area contributed by atoms with Gasteiger partial charge >= 0.3 is 5.97 Å². The van der Waals surface area contributed by atoms with Crippen molar-refractivity contribution in [3.05, 3.63) is 62.7 Å². The second-order valence-electron chi connectivity index (χ2n) is 5.47. The Bertz CT molecular complexity index is 1020. The highest BCUT2D eigenvalue weighted by atomic mass is 35.5. The minimum Gasteiger partial charge on any atom is -0.451 e. The van der Waals surface area contributed by atoms with Crippen LogP contribution >= 0.6 is 34.5 Å².